The van der Waals surface area contributed by atoms with Crippen LogP contribution in [0.3, 0.4) is 0 Å². The predicted octanol–water partition coefficient (Wildman–Crippen LogP) is 1.33. The van der Waals surface area contributed by atoms with Crippen molar-refractivity contribution in [2.75, 3.05) is 26.7 Å². The lowest BCUT2D eigenvalue weighted by Gasteiger charge is -2.35. The van der Waals surface area contributed by atoms with Gasteiger partial charge in [0.2, 0.25) is 0 Å². The molecule has 0 aromatic carbocycles. The summed E-state index contributed by atoms with van der Waals surface area (Å²) < 4.78 is 29.6. The van der Waals surface area contributed by atoms with Gasteiger partial charge in [0.15, 0.2) is 0 Å². The third-order valence-electron chi connectivity index (χ3n) is 4.89. The maximum atomic E-state index is 12.5. The number of rotatable bonds is 6. The standard InChI is InChI=1S/C14H29N3O2S/c1-12-6-5-7-13(12)10-16-20(18,19)17-9-4-3-8-14(17)11-15-2/h12-16H,3-11H2,1-2H3. The molecule has 2 N–H and O–H groups in total. The second-order valence-electron chi connectivity index (χ2n) is 6.34. The second kappa shape index (κ2) is 7.20. The summed E-state index contributed by atoms with van der Waals surface area (Å²) in [6, 6.07) is 0.104. The average molecular weight is 303 g/mol. The highest BCUT2D eigenvalue weighted by molar-refractivity contribution is 7.87. The fraction of sp³-hybridized carbons (Fsp3) is 1.00. The van der Waals surface area contributed by atoms with Gasteiger partial charge >= 0.3 is 0 Å². The Hall–Kier alpha value is -0.170. The van der Waals surface area contributed by atoms with E-state index in [4.69, 9.17) is 0 Å². The van der Waals surface area contributed by atoms with Crippen LogP contribution in [-0.2, 0) is 10.2 Å². The number of hydrogen-bond acceptors (Lipinski definition) is 3. The molecule has 0 amide bonds. The van der Waals surface area contributed by atoms with E-state index in [1.807, 2.05) is 7.05 Å². The minimum atomic E-state index is -3.32. The van der Waals surface area contributed by atoms with Crippen molar-refractivity contribution in [2.45, 2.75) is 51.5 Å². The highest BCUT2D eigenvalue weighted by Gasteiger charge is 2.33. The van der Waals surface area contributed by atoms with E-state index in [2.05, 4.69) is 17.0 Å². The Morgan fingerprint density at radius 2 is 1.90 bits per heavy atom. The van der Waals surface area contributed by atoms with Crippen LogP contribution in [0.2, 0.25) is 0 Å². The van der Waals surface area contributed by atoms with Crippen molar-refractivity contribution in [1.29, 1.82) is 0 Å². The number of piperidine rings is 1. The maximum Gasteiger partial charge on any atom is 0.279 e. The monoisotopic (exact) mass is 303 g/mol. The Kier molecular flexibility index (Phi) is 5.84. The zero-order valence-electron chi connectivity index (χ0n) is 12.8. The van der Waals surface area contributed by atoms with Crippen molar-refractivity contribution >= 4 is 10.2 Å². The zero-order chi connectivity index (χ0) is 14.6. The normalized spacial score (nSPS) is 32.6. The van der Waals surface area contributed by atoms with Crippen LogP contribution >= 0.6 is 0 Å². The summed E-state index contributed by atoms with van der Waals surface area (Å²) in [5.74, 6) is 1.16. The molecule has 1 heterocycles. The van der Waals surface area contributed by atoms with Crippen LogP contribution in [0.1, 0.15) is 45.4 Å². The molecule has 20 heavy (non-hydrogen) atoms. The molecule has 0 aromatic heterocycles. The molecule has 0 spiro atoms. The van der Waals surface area contributed by atoms with Gasteiger partial charge in [-0.1, -0.05) is 26.2 Å². The first-order chi connectivity index (χ1) is 9.54. The van der Waals surface area contributed by atoms with Gasteiger partial charge < -0.3 is 5.32 Å². The molecule has 2 fully saturated rings. The first-order valence-corrected chi connectivity index (χ1v) is 9.39. The smallest absolute Gasteiger partial charge is 0.279 e. The summed E-state index contributed by atoms with van der Waals surface area (Å²) in [5.41, 5.74) is 0. The Morgan fingerprint density at radius 3 is 2.55 bits per heavy atom. The Morgan fingerprint density at radius 1 is 1.10 bits per heavy atom. The fourth-order valence-electron chi connectivity index (χ4n) is 3.55. The first-order valence-electron chi connectivity index (χ1n) is 7.95. The fourth-order valence-corrected chi connectivity index (χ4v) is 5.08. The summed E-state index contributed by atoms with van der Waals surface area (Å²) in [6.07, 6.45) is 6.68. The van der Waals surface area contributed by atoms with E-state index in [-0.39, 0.29) is 6.04 Å². The molecular formula is C14H29N3O2S. The number of nitrogens with zero attached hydrogens (tertiary/aromatic N) is 1. The van der Waals surface area contributed by atoms with E-state index < -0.39 is 10.2 Å². The highest BCUT2D eigenvalue weighted by Crippen LogP contribution is 2.30. The molecule has 1 saturated heterocycles. The van der Waals surface area contributed by atoms with Crippen LogP contribution in [0, 0.1) is 11.8 Å². The zero-order valence-corrected chi connectivity index (χ0v) is 13.6. The van der Waals surface area contributed by atoms with Crippen LogP contribution in [0.25, 0.3) is 0 Å². The van der Waals surface area contributed by atoms with Gasteiger partial charge in [-0.25, -0.2) is 4.72 Å². The van der Waals surface area contributed by atoms with E-state index in [9.17, 15) is 8.42 Å². The lowest BCUT2D eigenvalue weighted by molar-refractivity contribution is 0.244. The van der Waals surface area contributed by atoms with E-state index in [1.54, 1.807) is 4.31 Å². The van der Waals surface area contributed by atoms with Crippen molar-refractivity contribution in [3.8, 4) is 0 Å². The summed E-state index contributed by atoms with van der Waals surface area (Å²) in [6.45, 7) is 4.23. The van der Waals surface area contributed by atoms with Crippen LogP contribution in [0.5, 0.6) is 0 Å². The minimum Gasteiger partial charge on any atom is -0.318 e. The minimum absolute atomic E-state index is 0.104. The molecule has 5 nitrogen and oxygen atoms in total. The molecule has 0 aromatic rings. The predicted molar refractivity (Wildman–Crippen MR) is 81.7 cm³/mol. The van der Waals surface area contributed by atoms with Crippen molar-refractivity contribution in [2.24, 2.45) is 11.8 Å². The summed E-state index contributed by atoms with van der Waals surface area (Å²) in [4.78, 5) is 0. The van der Waals surface area contributed by atoms with Gasteiger partial charge in [-0.15, -0.1) is 0 Å². The van der Waals surface area contributed by atoms with Crippen LogP contribution in [0.15, 0.2) is 0 Å². The summed E-state index contributed by atoms with van der Waals surface area (Å²) >= 11 is 0. The van der Waals surface area contributed by atoms with Crippen molar-refractivity contribution in [3.63, 3.8) is 0 Å². The quantitative estimate of drug-likeness (QED) is 0.778. The Balaban J connectivity index is 1.93. The molecule has 3 unspecified atom stereocenters. The SMILES string of the molecule is CNCC1CCCCN1S(=O)(=O)NCC1CCCC1C. The molecular weight excluding hydrogens is 274 g/mol. The van der Waals surface area contributed by atoms with E-state index in [0.717, 1.165) is 32.2 Å². The first kappa shape index (κ1) is 16.2. The number of likely N-dealkylation sites (N-methyl/N-ethyl adjacent to an activating group) is 1. The average Bonchev–Trinajstić information content (AvgIpc) is 2.83. The van der Waals surface area contributed by atoms with Gasteiger partial charge in [0, 0.05) is 25.7 Å². The van der Waals surface area contributed by atoms with E-state index in [1.165, 1.54) is 12.8 Å². The number of hydrogen-bond donors (Lipinski definition) is 2. The maximum absolute atomic E-state index is 12.5. The molecule has 118 valence electrons. The highest BCUT2D eigenvalue weighted by atomic mass is 32.2. The summed E-state index contributed by atoms with van der Waals surface area (Å²) in [5, 5.41) is 3.11. The molecule has 1 aliphatic carbocycles. The Labute approximate surface area is 123 Å². The van der Waals surface area contributed by atoms with Crippen molar-refractivity contribution in [1.82, 2.24) is 14.3 Å². The van der Waals surface area contributed by atoms with Gasteiger partial charge in [0.25, 0.3) is 10.2 Å². The lowest BCUT2D eigenvalue weighted by atomic mass is 9.99. The van der Waals surface area contributed by atoms with Gasteiger partial charge in [0.1, 0.15) is 0 Å². The Bertz CT molecular complexity index is 397. The van der Waals surface area contributed by atoms with Gasteiger partial charge in [-0.2, -0.15) is 12.7 Å². The van der Waals surface area contributed by atoms with Gasteiger partial charge in [0.05, 0.1) is 0 Å². The summed E-state index contributed by atoms with van der Waals surface area (Å²) in [7, 11) is -1.44. The second-order valence-corrected chi connectivity index (χ2v) is 8.05. The molecule has 0 radical (unpaired) electrons. The largest absolute Gasteiger partial charge is 0.318 e. The van der Waals surface area contributed by atoms with E-state index >= 15 is 0 Å². The van der Waals surface area contributed by atoms with Crippen molar-refractivity contribution < 1.29 is 8.42 Å². The van der Waals surface area contributed by atoms with Crippen LogP contribution < -0.4 is 10.0 Å². The topological polar surface area (TPSA) is 61.4 Å². The molecule has 3 atom stereocenters. The third kappa shape index (κ3) is 3.93. The van der Waals surface area contributed by atoms with Crippen LogP contribution in [0.4, 0.5) is 0 Å². The van der Waals surface area contributed by atoms with Gasteiger partial charge in [-0.3, -0.25) is 0 Å². The molecule has 2 aliphatic rings. The molecule has 0 bridgehead atoms. The molecule has 2 rings (SSSR count). The molecule has 6 heteroatoms. The lowest BCUT2D eigenvalue weighted by Crippen LogP contribution is -2.52. The third-order valence-corrected chi connectivity index (χ3v) is 6.52. The number of nitrogens with one attached hydrogen (secondary N) is 2. The molecule has 1 aliphatic heterocycles. The van der Waals surface area contributed by atoms with Crippen LogP contribution in [-0.4, -0.2) is 45.4 Å². The van der Waals surface area contributed by atoms with E-state index in [0.29, 0.717) is 24.9 Å². The molecule has 1 saturated carbocycles. The van der Waals surface area contributed by atoms with Gasteiger partial charge in [-0.05, 0) is 38.1 Å². The van der Waals surface area contributed by atoms with Crippen molar-refractivity contribution in [3.05, 3.63) is 0 Å².